The summed E-state index contributed by atoms with van der Waals surface area (Å²) >= 11 is 1.62. The van der Waals surface area contributed by atoms with Crippen molar-refractivity contribution < 1.29 is 19.1 Å². The molecule has 3 amide bonds. The molecule has 0 aliphatic carbocycles. The quantitative estimate of drug-likeness (QED) is 0.656. The van der Waals surface area contributed by atoms with E-state index in [4.69, 9.17) is 0 Å². The summed E-state index contributed by atoms with van der Waals surface area (Å²) in [5.41, 5.74) is 1.07. The number of ether oxygens (including phenoxy) is 1. The van der Waals surface area contributed by atoms with Gasteiger partial charge in [0.2, 0.25) is 5.91 Å². The number of carbonyl (C=O) groups is 3. The van der Waals surface area contributed by atoms with Crippen LogP contribution < -0.4 is 16.0 Å². The lowest BCUT2D eigenvalue weighted by Gasteiger charge is -2.08. The minimum absolute atomic E-state index is 0.0596. The number of thiophene rings is 1. The number of amides is 3. The van der Waals surface area contributed by atoms with E-state index in [0.29, 0.717) is 17.8 Å². The molecule has 0 aliphatic heterocycles. The van der Waals surface area contributed by atoms with E-state index in [1.807, 2.05) is 17.5 Å². The summed E-state index contributed by atoms with van der Waals surface area (Å²) in [5, 5.41) is 9.72. The van der Waals surface area contributed by atoms with E-state index in [-0.39, 0.29) is 6.54 Å². The monoisotopic (exact) mass is 361 g/mol. The van der Waals surface area contributed by atoms with Crippen molar-refractivity contribution in [3.8, 4) is 0 Å². The SMILES string of the molecule is COC(=O)c1ccc(NCC(=O)NC(=O)NCCc2cccs2)cc1. The summed E-state index contributed by atoms with van der Waals surface area (Å²) in [6.45, 7) is 0.401. The minimum atomic E-state index is -0.524. The Balaban J connectivity index is 1.67. The van der Waals surface area contributed by atoms with E-state index in [9.17, 15) is 14.4 Å². The highest BCUT2D eigenvalue weighted by atomic mass is 32.1. The molecule has 0 atom stereocenters. The minimum Gasteiger partial charge on any atom is -0.465 e. The van der Waals surface area contributed by atoms with Crippen molar-refractivity contribution in [1.82, 2.24) is 10.6 Å². The van der Waals surface area contributed by atoms with Crippen LogP contribution in [0.4, 0.5) is 10.5 Å². The lowest BCUT2D eigenvalue weighted by atomic mass is 10.2. The van der Waals surface area contributed by atoms with E-state index in [1.165, 1.54) is 12.0 Å². The average Bonchev–Trinajstić information content (AvgIpc) is 3.13. The molecule has 1 heterocycles. The van der Waals surface area contributed by atoms with Crippen LogP contribution in [-0.2, 0) is 16.0 Å². The zero-order valence-electron chi connectivity index (χ0n) is 13.7. The number of hydrogen-bond acceptors (Lipinski definition) is 6. The Kier molecular flexibility index (Phi) is 6.97. The smallest absolute Gasteiger partial charge is 0.337 e. The molecule has 7 nitrogen and oxygen atoms in total. The van der Waals surface area contributed by atoms with E-state index >= 15 is 0 Å². The number of benzene rings is 1. The van der Waals surface area contributed by atoms with Crippen LogP contribution in [-0.4, -0.2) is 38.1 Å². The molecular formula is C17H19N3O4S. The van der Waals surface area contributed by atoms with Crippen molar-refractivity contribution in [2.45, 2.75) is 6.42 Å². The topological polar surface area (TPSA) is 96.5 Å². The van der Waals surface area contributed by atoms with Crippen molar-refractivity contribution in [3.63, 3.8) is 0 Å². The first-order valence-corrected chi connectivity index (χ1v) is 8.49. The van der Waals surface area contributed by atoms with Crippen molar-refractivity contribution in [2.75, 3.05) is 25.5 Å². The second kappa shape index (κ2) is 9.43. The van der Waals surface area contributed by atoms with Gasteiger partial charge in [0.25, 0.3) is 0 Å². The highest BCUT2D eigenvalue weighted by molar-refractivity contribution is 7.09. The van der Waals surface area contributed by atoms with Gasteiger partial charge in [0, 0.05) is 17.1 Å². The van der Waals surface area contributed by atoms with Crippen LogP contribution in [0.5, 0.6) is 0 Å². The fraction of sp³-hybridized carbons (Fsp3) is 0.235. The van der Waals surface area contributed by atoms with Gasteiger partial charge < -0.3 is 15.4 Å². The van der Waals surface area contributed by atoms with Gasteiger partial charge in [-0.05, 0) is 42.1 Å². The molecule has 0 radical (unpaired) electrons. The molecule has 0 spiro atoms. The second-order valence-electron chi connectivity index (χ2n) is 5.06. The van der Waals surface area contributed by atoms with Crippen LogP contribution in [0.3, 0.4) is 0 Å². The summed E-state index contributed by atoms with van der Waals surface area (Å²) in [6.07, 6.45) is 0.726. The molecule has 132 valence electrons. The molecule has 25 heavy (non-hydrogen) atoms. The van der Waals surface area contributed by atoms with E-state index in [0.717, 1.165) is 6.42 Å². The van der Waals surface area contributed by atoms with Gasteiger partial charge in [0.1, 0.15) is 0 Å². The van der Waals surface area contributed by atoms with Crippen molar-refractivity contribution >= 4 is 34.9 Å². The van der Waals surface area contributed by atoms with Crippen LogP contribution in [0.15, 0.2) is 41.8 Å². The molecule has 3 N–H and O–H groups in total. The molecule has 2 rings (SSSR count). The molecule has 0 bridgehead atoms. The maximum absolute atomic E-state index is 11.7. The van der Waals surface area contributed by atoms with Gasteiger partial charge in [0.15, 0.2) is 0 Å². The first-order valence-electron chi connectivity index (χ1n) is 7.61. The lowest BCUT2D eigenvalue weighted by Crippen LogP contribution is -2.42. The normalized spacial score (nSPS) is 9.96. The first kappa shape index (κ1) is 18.5. The Bertz CT molecular complexity index is 714. The maximum Gasteiger partial charge on any atom is 0.337 e. The number of nitrogens with one attached hydrogen (secondary N) is 3. The molecule has 2 aromatic rings. The van der Waals surface area contributed by atoms with Gasteiger partial charge in [-0.3, -0.25) is 10.1 Å². The van der Waals surface area contributed by atoms with Gasteiger partial charge in [-0.25, -0.2) is 9.59 Å². The molecular weight excluding hydrogens is 342 g/mol. The Hall–Kier alpha value is -2.87. The fourth-order valence-electron chi connectivity index (χ4n) is 1.99. The summed E-state index contributed by atoms with van der Waals surface area (Å²) in [4.78, 5) is 35.9. The number of anilines is 1. The standard InChI is InChI=1S/C17H19N3O4S/c1-24-16(22)12-4-6-13(7-5-12)19-11-15(21)20-17(23)18-9-8-14-3-2-10-25-14/h2-7,10,19H,8-9,11H2,1H3,(H2,18,20,21,23). The summed E-state index contributed by atoms with van der Waals surface area (Å²) in [5.74, 6) is -0.880. The molecule has 0 unspecified atom stereocenters. The molecule has 8 heteroatoms. The fourth-order valence-corrected chi connectivity index (χ4v) is 2.70. The van der Waals surface area contributed by atoms with Gasteiger partial charge in [0.05, 0.1) is 19.2 Å². The first-order chi connectivity index (χ1) is 12.1. The van der Waals surface area contributed by atoms with E-state index < -0.39 is 17.9 Å². The molecule has 0 aliphatic rings. The number of methoxy groups -OCH3 is 1. The third kappa shape index (κ3) is 6.27. The van der Waals surface area contributed by atoms with Crippen molar-refractivity contribution in [3.05, 3.63) is 52.2 Å². The Morgan fingerprint density at radius 2 is 1.88 bits per heavy atom. The van der Waals surface area contributed by atoms with E-state index in [2.05, 4.69) is 20.7 Å². The summed E-state index contributed by atoms with van der Waals surface area (Å²) < 4.78 is 4.61. The van der Waals surface area contributed by atoms with Gasteiger partial charge in [-0.2, -0.15) is 0 Å². The summed E-state index contributed by atoms with van der Waals surface area (Å²) in [6, 6.07) is 9.90. The van der Waals surface area contributed by atoms with E-state index in [1.54, 1.807) is 35.6 Å². The number of rotatable bonds is 7. The highest BCUT2D eigenvalue weighted by Gasteiger charge is 2.08. The lowest BCUT2D eigenvalue weighted by molar-refractivity contribution is -0.118. The van der Waals surface area contributed by atoms with Crippen LogP contribution in [0, 0.1) is 0 Å². The zero-order chi connectivity index (χ0) is 18.1. The van der Waals surface area contributed by atoms with Crippen LogP contribution in [0.25, 0.3) is 0 Å². The van der Waals surface area contributed by atoms with Crippen molar-refractivity contribution in [2.24, 2.45) is 0 Å². The Labute approximate surface area is 149 Å². The third-order valence-electron chi connectivity index (χ3n) is 3.25. The predicted octanol–water partition coefficient (Wildman–Crippen LogP) is 2.02. The molecule has 1 aromatic heterocycles. The molecule has 0 fully saturated rings. The van der Waals surface area contributed by atoms with Crippen LogP contribution in [0.1, 0.15) is 15.2 Å². The largest absolute Gasteiger partial charge is 0.465 e. The zero-order valence-corrected chi connectivity index (χ0v) is 14.5. The summed E-state index contributed by atoms with van der Waals surface area (Å²) in [7, 11) is 1.31. The molecule has 0 saturated heterocycles. The molecule has 0 saturated carbocycles. The Morgan fingerprint density at radius 1 is 1.12 bits per heavy atom. The van der Waals surface area contributed by atoms with Gasteiger partial charge in [-0.15, -0.1) is 11.3 Å². The number of esters is 1. The highest BCUT2D eigenvalue weighted by Crippen LogP contribution is 2.10. The van der Waals surface area contributed by atoms with Crippen LogP contribution in [0.2, 0.25) is 0 Å². The number of hydrogen-bond donors (Lipinski definition) is 3. The maximum atomic E-state index is 11.7. The second-order valence-corrected chi connectivity index (χ2v) is 6.09. The Morgan fingerprint density at radius 3 is 2.52 bits per heavy atom. The predicted molar refractivity (Wildman–Crippen MR) is 95.8 cm³/mol. The molecule has 1 aromatic carbocycles. The van der Waals surface area contributed by atoms with Gasteiger partial charge in [-0.1, -0.05) is 6.07 Å². The van der Waals surface area contributed by atoms with Crippen molar-refractivity contribution in [1.29, 1.82) is 0 Å². The van der Waals surface area contributed by atoms with Gasteiger partial charge >= 0.3 is 12.0 Å². The van der Waals surface area contributed by atoms with Crippen LogP contribution >= 0.6 is 11.3 Å². The number of carbonyl (C=O) groups excluding carboxylic acids is 3. The number of imide groups is 1. The average molecular weight is 361 g/mol. The number of urea groups is 1. The third-order valence-corrected chi connectivity index (χ3v) is 4.19.